The molecule has 0 radical (unpaired) electrons. The van der Waals surface area contributed by atoms with E-state index in [9.17, 15) is 5.11 Å². The van der Waals surface area contributed by atoms with Gasteiger partial charge in [-0.05, 0) is 74.8 Å². The zero-order chi connectivity index (χ0) is 32.2. The maximum atomic E-state index is 11.0. The number of aromatic hydroxyl groups is 1. The number of rotatable bonds is 4. The van der Waals surface area contributed by atoms with Crippen LogP contribution in [0.3, 0.4) is 0 Å². The summed E-state index contributed by atoms with van der Waals surface area (Å²) in [5.41, 5.74) is 9.85. The summed E-state index contributed by atoms with van der Waals surface area (Å²) in [4.78, 5) is 9.69. The predicted molar refractivity (Wildman–Crippen MR) is 191 cm³/mol. The summed E-state index contributed by atoms with van der Waals surface area (Å²) in [6, 6.07) is 40.9. The van der Waals surface area contributed by atoms with Gasteiger partial charge in [0, 0.05) is 32.8 Å². The molecular formula is C42H38N3OPt-. The molecule has 0 bridgehead atoms. The minimum absolute atomic E-state index is 0. The molecule has 0 aliphatic carbocycles. The topological polar surface area (TPSA) is 50.9 Å². The summed E-state index contributed by atoms with van der Waals surface area (Å²) in [6.45, 7) is 13.6. The minimum Gasteiger partial charge on any atom is -0.517 e. The number of hydrogen-bond acceptors (Lipinski definition) is 3. The minimum atomic E-state index is -0.0413. The molecule has 0 amide bonds. The number of pyridine rings is 2. The van der Waals surface area contributed by atoms with Gasteiger partial charge in [-0.15, -0.1) is 17.7 Å². The Balaban J connectivity index is 0.00000386. The van der Waals surface area contributed by atoms with Gasteiger partial charge in [-0.1, -0.05) is 125 Å². The predicted octanol–water partition coefficient (Wildman–Crippen LogP) is 10.7. The van der Waals surface area contributed by atoms with Gasteiger partial charge >= 0.3 is 0 Å². The van der Waals surface area contributed by atoms with E-state index < -0.39 is 0 Å². The van der Waals surface area contributed by atoms with E-state index in [1.165, 1.54) is 11.1 Å². The first-order valence-corrected chi connectivity index (χ1v) is 15.8. The molecule has 1 N–H and O–H groups in total. The van der Waals surface area contributed by atoms with Crippen LogP contribution < -0.4 is 0 Å². The van der Waals surface area contributed by atoms with Crippen LogP contribution in [0.1, 0.15) is 52.7 Å². The zero-order valence-electron chi connectivity index (χ0n) is 27.6. The number of fused-ring (bicyclic) bond motifs is 3. The molecule has 4 nitrogen and oxygen atoms in total. The first-order chi connectivity index (χ1) is 22.0. The van der Waals surface area contributed by atoms with Crippen molar-refractivity contribution in [3.05, 3.63) is 133 Å². The molecule has 7 rings (SSSR count). The van der Waals surface area contributed by atoms with Gasteiger partial charge in [0.05, 0.1) is 17.1 Å². The van der Waals surface area contributed by atoms with Crippen LogP contribution in [0.15, 0.2) is 115 Å². The largest absolute Gasteiger partial charge is 0.517 e. The monoisotopic (exact) mass is 795 g/mol. The number of phenols is 1. The van der Waals surface area contributed by atoms with Crippen molar-refractivity contribution >= 4 is 21.8 Å². The van der Waals surface area contributed by atoms with Gasteiger partial charge in [-0.3, -0.25) is 4.98 Å². The van der Waals surface area contributed by atoms with Crippen molar-refractivity contribution in [1.29, 1.82) is 0 Å². The molecule has 0 atom stereocenters. The molecule has 0 saturated heterocycles. The first kappa shape index (κ1) is 32.4. The molecule has 7 aromatic rings. The number of nitrogens with zero attached hydrogens (tertiary/aromatic N) is 3. The summed E-state index contributed by atoms with van der Waals surface area (Å²) in [5, 5.41) is 13.3. The molecule has 47 heavy (non-hydrogen) atoms. The molecule has 0 saturated carbocycles. The van der Waals surface area contributed by atoms with Gasteiger partial charge in [0.1, 0.15) is 5.82 Å². The van der Waals surface area contributed by atoms with Gasteiger partial charge in [0.25, 0.3) is 0 Å². The Kier molecular flexibility index (Phi) is 8.44. The normalized spacial score (nSPS) is 12.0. The maximum Gasteiger partial charge on any atom is 0.136 e. The fourth-order valence-corrected chi connectivity index (χ4v) is 6.18. The second-order valence-electron chi connectivity index (χ2n) is 14.1. The van der Waals surface area contributed by atoms with Gasteiger partial charge in [-0.2, -0.15) is 0 Å². The van der Waals surface area contributed by atoms with Crippen LogP contribution in [-0.2, 0) is 31.9 Å². The number of phenolic OH excluding ortho intramolecular Hbond substituents is 1. The van der Waals surface area contributed by atoms with Gasteiger partial charge in [-0.25, -0.2) is 4.98 Å². The van der Waals surface area contributed by atoms with Crippen molar-refractivity contribution < 1.29 is 26.2 Å². The van der Waals surface area contributed by atoms with Crippen LogP contribution in [0.2, 0.25) is 0 Å². The van der Waals surface area contributed by atoms with Crippen molar-refractivity contribution in [2.45, 2.75) is 52.4 Å². The summed E-state index contributed by atoms with van der Waals surface area (Å²) in [6.07, 6.45) is 1.79. The molecule has 0 spiro atoms. The molecule has 0 fully saturated rings. The van der Waals surface area contributed by atoms with Crippen molar-refractivity contribution in [1.82, 2.24) is 14.5 Å². The number of benzene rings is 4. The maximum absolute atomic E-state index is 11.0. The Bertz CT molecular complexity index is 2210. The Morgan fingerprint density at radius 3 is 2.00 bits per heavy atom. The third kappa shape index (κ3) is 6.03. The van der Waals surface area contributed by atoms with Crippen molar-refractivity contribution in [3.63, 3.8) is 0 Å². The number of hydrogen-bond donors (Lipinski definition) is 1. The molecule has 5 heteroatoms. The van der Waals surface area contributed by atoms with Crippen LogP contribution in [0.4, 0.5) is 0 Å². The summed E-state index contributed by atoms with van der Waals surface area (Å²) >= 11 is 0. The molecule has 0 aliphatic heterocycles. The van der Waals surface area contributed by atoms with E-state index >= 15 is 0 Å². The van der Waals surface area contributed by atoms with E-state index in [0.717, 1.165) is 61.3 Å². The van der Waals surface area contributed by atoms with Crippen LogP contribution >= 0.6 is 0 Å². The molecule has 0 unspecified atom stereocenters. The zero-order valence-corrected chi connectivity index (χ0v) is 29.8. The first-order valence-electron chi connectivity index (χ1n) is 15.8. The fourth-order valence-electron chi connectivity index (χ4n) is 6.18. The summed E-state index contributed by atoms with van der Waals surface area (Å²) in [7, 11) is 0. The van der Waals surface area contributed by atoms with E-state index in [2.05, 4.69) is 106 Å². The van der Waals surface area contributed by atoms with Gasteiger partial charge in [0.2, 0.25) is 0 Å². The van der Waals surface area contributed by atoms with Crippen LogP contribution in [0.25, 0.3) is 61.3 Å². The molecule has 4 aromatic carbocycles. The fraction of sp³-hybridized carbons (Fsp3) is 0.190. The van der Waals surface area contributed by atoms with Crippen molar-refractivity contribution in [3.8, 4) is 45.2 Å². The average Bonchev–Trinajstić information content (AvgIpc) is 3.38. The Morgan fingerprint density at radius 2 is 1.32 bits per heavy atom. The molecule has 3 aromatic heterocycles. The SMILES string of the molecule is CC(C)(C)c1cc(-c2cc(-c3ccccc3O)[c-]c3c2c2ccccc2n3-c2cccc(-c3ccccn3)n2)cc(C(C)(C)C)c1.[Pt]. The van der Waals surface area contributed by atoms with E-state index in [1.54, 1.807) is 12.3 Å². The quantitative estimate of drug-likeness (QED) is 0.181. The van der Waals surface area contributed by atoms with Crippen LogP contribution in [0, 0.1) is 6.07 Å². The molecular weight excluding hydrogens is 758 g/mol. The number of aromatic nitrogens is 3. The molecule has 238 valence electrons. The summed E-state index contributed by atoms with van der Waals surface area (Å²) < 4.78 is 2.20. The third-order valence-corrected chi connectivity index (χ3v) is 8.75. The van der Waals surface area contributed by atoms with Crippen LogP contribution in [-0.4, -0.2) is 19.6 Å². The van der Waals surface area contributed by atoms with Gasteiger partial charge in [0.15, 0.2) is 0 Å². The smallest absolute Gasteiger partial charge is 0.136 e. The van der Waals surface area contributed by atoms with Crippen LogP contribution in [0.5, 0.6) is 5.75 Å². The molecule has 3 heterocycles. The second kappa shape index (κ2) is 12.2. The van der Waals surface area contributed by atoms with E-state index in [4.69, 9.17) is 4.98 Å². The average molecular weight is 796 g/mol. The standard InChI is InChI=1S/C42H38N3O.Pt/c1-41(2,3)29-22-27(23-30(26-29)42(4,5)6)33-24-28(31-14-8-10-19-38(31)46)25-37-40(33)32-15-7-9-18-36(32)45(37)39-20-13-17-35(44-39)34-16-11-12-21-43-34;/h7-24,26,46H,1-6H3;/q-1;. The van der Waals surface area contributed by atoms with Gasteiger partial charge < -0.3 is 9.67 Å². The van der Waals surface area contributed by atoms with E-state index in [-0.39, 0.29) is 37.6 Å². The Hall–Kier alpha value is -4.53. The van der Waals surface area contributed by atoms with Crippen molar-refractivity contribution in [2.24, 2.45) is 0 Å². The Morgan fingerprint density at radius 1 is 0.660 bits per heavy atom. The number of para-hydroxylation sites is 2. The third-order valence-electron chi connectivity index (χ3n) is 8.75. The summed E-state index contributed by atoms with van der Waals surface area (Å²) in [5.74, 6) is 1.01. The Labute approximate surface area is 291 Å². The second-order valence-corrected chi connectivity index (χ2v) is 14.1. The van der Waals surface area contributed by atoms with E-state index in [0.29, 0.717) is 0 Å². The molecule has 0 aliphatic rings. The van der Waals surface area contributed by atoms with E-state index in [1.807, 2.05) is 54.6 Å². The van der Waals surface area contributed by atoms with Crippen molar-refractivity contribution in [2.75, 3.05) is 0 Å².